The minimum absolute atomic E-state index is 0.189. The van der Waals surface area contributed by atoms with Crippen LogP contribution in [0.1, 0.15) is 38.4 Å². The summed E-state index contributed by atoms with van der Waals surface area (Å²) in [6.45, 7) is 8.35. The molecule has 1 unspecified atom stereocenters. The van der Waals surface area contributed by atoms with Crippen LogP contribution >= 0.6 is 11.3 Å². The number of carbonyl (C=O) groups excluding carboxylic acids is 1. The zero-order chi connectivity index (χ0) is 22.1. The Hall–Kier alpha value is -1.84. The van der Waals surface area contributed by atoms with Crippen LogP contribution in [-0.4, -0.2) is 57.0 Å². The second kappa shape index (κ2) is 9.11. The van der Waals surface area contributed by atoms with Crippen LogP contribution < -0.4 is 11.1 Å². The van der Waals surface area contributed by atoms with Crippen LogP contribution in [0, 0.1) is 12.3 Å². The Bertz CT molecular complexity index is 862. The first-order valence-corrected chi connectivity index (χ1v) is 11.1. The summed E-state index contributed by atoms with van der Waals surface area (Å²) in [4.78, 5) is 19.8. The van der Waals surface area contributed by atoms with Crippen LogP contribution in [0.25, 0.3) is 10.4 Å². The molecule has 5 N–H and O–H groups in total. The fourth-order valence-corrected chi connectivity index (χ4v) is 4.47. The minimum atomic E-state index is -0.957. The van der Waals surface area contributed by atoms with Crippen molar-refractivity contribution >= 4 is 17.2 Å². The van der Waals surface area contributed by atoms with Crippen molar-refractivity contribution in [1.82, 2.24) is 15.2 Å². The molecule has 1 amide bonds. The van der Waals surface area contributed by atoms with Crippen molar-refractivity contribution in [1.29, 1.82) is 0 Å². The second-order valence-electron chi connectivity index (χ2n) is 9.08. The summed E-state index contributed by atoms with van der Waals surface area (Å²) in [7, 11) is 0. The molecule has 0 aliphatic carbocycles. The highest BCUT2D eigenvalue weighted by atomic mass is 32.1. The topological polar surface area (TPSA) is 112 Å². The van der Waals surface area contributed by atoms with Crippen LogP contribution in [0.3, 0.4) is 0 Å². The Morgan fingerprint density at radius 2 is 2.03 bits per heavy atom. The highest BCUT2D eigenvalue weighted by molar-refractivity contribution is 7.13. The van der Waals surface area contributed by atoms with Gasteiger partial charge in [0.1, 0.15) is 6.23 Å². The van der Waals surface area contributed by atoms with Gasteiger partial charge in [-0.05, 0) is 29.9 Å². The van der Waals surface area contributed by atoms with E-state index < -0.39 is 29.8 Å². The fraction of sp³-hybridized carbons (Fsp3) is 0.545. The number of benzene rings is 1. The van der Waals surface area contributed by atoms with Crippen molar-refractivity contribution in [2.24, 2.45) is 11.1 Å². The SMILES string of the molecule is Cc1ncsc1-c1ccc(CNC(O)[C@@H]2C[C@@H](O)CN2C(=O)[C@@H](N)C(C)(C)C)cc1. The van der Waals surface area contributed by atoms with Gasteiger partial charge in [-0.2, -0.15) is 0 Å². The third kappa shape index (κ3) is 5.07. The number of thiazole rings is 1. The zero-order valence-corrected chi connectivity index (χ0v) is 18.8. The van der Waals surface area contributed by atoms with Crippen molar-refractivity contribution in [2.45, 2.75) is 65.1 Å². The zero-order valence-electron chi connectivity index (χ0n) is 18.0. The lowest BCUT2D eigenvalue weighted by Gasteiger charge is -2.34. The molecule has 7 nitrogen and oxygen atoms in total. The number of rotatable bonds is 6. The summed E-state index contributed by atoms with van der Waals surface area (Å²) in [6, 6.07) is 6.90. The Labute approximate surface area is 181 Å². The number of hydrogen-bond donors (Lipinski definition) is 4. The largest absolute Gasteiger partial charge is 0.391 e. The van der Waals surface area contributed by atoms with Crippen molar-refractivity contribution in [2.75, 3.05) is 6.54 Å². The van der Waals surface area contributed by atoms with E-state index in [0.717, 1.165) is 21.7 Å². The third-order valence-corrected chi connectivity index (χ3v) is 6.62. The third-order valence-electron chi connectivity index (χ3n) is 5.64. The molecular weight excluding hydrogens is 400 g/mol. The van der Waals surface area contributed by atoms with Crippen LogP contribution in [0.2, 0.25) is 0 Å². The summed E-state index contributed by atoms with van der Waals surface area (Å²) in [6.07, 6.45) is -1.30. The smallest absolute Gasteiger partial charge is 0.240 e. The van der Waals surface area contributed by atoms with Gasteiger partial charge in [-0.3, -0.25) is 10.1 Å². The van der Waals surface area contributed by atoms with Crippen LogP contribution in [0.4, 0.5) is 0 Å². The maximum Gasteiger partial charge on any atom is 0.240 e. The molecule has 4 atom stereocenters. The molecule has 0 spiro atoms. The normalized spacial score (nSPS) is 21.6. The Morgan fingerprint density at radius 3 is 2.60 bits per heavy atom. The Kier molecular flexibility index (Phi) is 6.94. The van der Waals surface area contributed by atoms with Gasteiger partial charge in [0.25, 0.3) is 0 Å². The van der Waals surface area contributed by atoms with E-state index in [1.165, 1.54) is 4.90 Å². The quantitative estimate of drug-likeness (QED) is 0.519. The van der Waals surface area contributed by atoms with Gasteiger partial charge < -0.3 is 20.8 Å². The molecule has 0 saturated carbocycles. The van der Waals surface area contributed by atoms with Gasteiger partial charge in [0, 0.05) is 13.1 Å². The molecule has 1 aliphatic heterocycles. The first-order chi connectivity index (χ1) is 14.1. The van der Waals surface area contributed by atoms with Gasteiger partial charge in [-0.1, -0.05) is 45.0 Å². The standard InChI is InChI=1S/C22H32N4O3S/c1-13-18(30-12-25-13)15-7-5-14(6-8-15)10-24-20(28)17-9-16(27)11-26(17)21(29)19(23)22(2,3)4/h5-8,12,16-17,19-20,24,27-28H,9-11,23H2,1-4H3/t16-,17+,19-,20?/m1/s1. The summed E-state index contributed by atoms with van der Waals surface area (Å²) in [5.74, 6) is -0.241. The number of hydrogen-bond acceptors (Lipinski definition) is 7. The van der Waals surface area contributed by atoms with Gasteiger partial charge in [0.15, 0.2) is 0 Å². The summed E-state index contributed by atoms with van der Waals surface area (Å²) in [5, 5.41) is 23.9. The van der Waals surface area contributed by atoms with E-state index >= 15 is 0 Å². The average Bonchev–Trinajstić information content (AvgIpc) is 3.30. The van der Waals surface area contributed by atoms with Crippen molar-refractivity contribution in [3.05, 3.63) is 41.0 Å². The summed E-state index contributed by atoms with van der Waals surface area (Å²) in [5.41, 5.74) is 10.7. The van der Waals surface area contributed by atoms with Crippen molar-refractivity contribution < 1.29 is 15.0 Å². The molecule has 0 bridgehead atoms. The van der Waals surface area contributed by atoms with Crippen LogP contribution in [-0.2, 0) is 11.3 Å². The molecular formula is C22H32N4O3S. The summed E-state index contributed by atoms with van der Waals surface area (Å²) < 4.78 is 0. The van der Waals surface area contributed by atoms with E-state index in [-0.39, 0.29) is 12.5 Å². The number of aliphatic hydroxyl groups is 2. The van der Waals surface area contributed by atoms with Crippen molar-refractivity contribution in [3.8, 4) is 10.4 Å². The molecule has 0 radical (unpaired) electrons. The molecule has 1 aromatic heterocycles. The van der Waals surface area contributed by atoms with E-state index in [1.54, 1.807) is 11.3 Å². The highest BCUT2D eigenvalue weighted by Crippen LogP contribution is 2.28. The van der Waals surface area contributed by atoms with Gasteiger partial charge in [0.2, 0.25) is 5.91 Å². The summed E-state index contributed by atoms with van der Waals surface area (Å²) >= 11 is 1.61. The number of carbonyl (C=O) groups is 1. The van der Waals surface area contributed by atoms with Gasteiger partial charge >= 0.3 is 0 Å². The number of amides is 1. The molecule has 30 heavy (non-hydrogen) atoms. The predicted molar refractivity (Wildman–Crippen MR) is 119 cm³/mol. The fourth-order valence-electron chi connectivity index (χ4n) is 3.66. The lowest BCUT2D eigenvalue weighted by molar-refractivity contribution is -0.138. The molecule has 8 heteroatoms. The lowest BCUT2D eigenvalue weighted by atomic mass is 9.86. The van der Waals surface area contributed by atoms with E-state index in [2.05, 4.69) is 10.3 Å². The highest BCUT2D eigenvalue weighted by Gasteiger charge is 2.42. The maximum absolute atomic E-state index is 12.9. The monoisotopic (exact) mass is 432 g/mol. The average molecular weight is 433 g/mol. The number of β-amino-alcohol motifs (C(OH)–C–C–N with tert-alkyl or cyclic N) is 1. The number of aromatic nitrogens is 1. The number of nitrogens with two attached hydrogens (primary N) is 1. The molecule has 3 rings (SSSR count). The Morgan fingerprint density at radius 1 is 1.37 bits per heavy atom. The number of aryl methyl sites for hydroxylation is 1. The van der Waals surface area contributed by atoms with Gasteiger partial charge in [-0.25, -0.2) is 4.98 Å². The number of likely N-dealkylation sites (tertiary alicyclic amines) is 1. The molecule has 2 aromatic rings. The molecule has 2 heterocycles. The molecule has 1 aromatic carbocycles. The number of nitrogens with zero attached hydrogens (tertiary/aromatic N) is 2. The molecule has 164 valence electrons. The van der Waals surface area contributed by atoms with E-state index in [0.29, 0.717) is 13.0 Å². The maximum atomic E-state index is 12.9. The first kappa shape index (κ1) is 22.8. The van der Waals surface area contributed by atoms with Crippen LogP contribution in [0.5, 0.6) is 0 Å². The molecule has 1 aliphatic rings. The molecule has 1 fully saturated rings. The number of aliphatic hydroxyl groups excluding tert-OH is 2. The predicted octanol–water partition coefficient (Wildman–Crippen LogP) is 1.86. The first-order valence-electron chi connectivity index (χ1n) is 10.2. The Balaban J connectivity index is 1.62. The second-order valence-corrected chi connectivity index (χ2v) is 9.94. The van der Waals surface area contributed by atoms with Gasteiger partial charge in [0.05, 0.1) is 34.3 Å². The minimum Gasteiger partial charge on any atom is -0.391 e. The van der Waals surface area contributed by atoms with E-state index in [9.17, 15) is 15.0 Å². The lowest BCUT2D eigenvalue weighted by Crippen LogP contribution is -2.56. The van der Waals surface area contributed by atoms with Crippen LogP contribution in [0.15, 0.2) is 29.8 Å². The van der Waals surface area contributed by atoms with E-state index in [1.807, 2.05) is 57.5 Å². The van der Waals surface area contributed by atoms with Crippen molar-refractivity contribution in [3.63, 3.8) is 0 Å². The van der Waals surface area contributed by atoms with Gasteiger partial charge in [-0.15, -0.1) is 11.3 Å². The number of nitrogens with one attached hydrogen (secondary N) is 1. The molecule has 1 saturated heterocycles. The van der Waals surface area contributed by atoms with E-state index in [4.69, 9.17) is 5.73 Å².